The van der Waals surface area contributed by atoms with Crippen LogP contribution in [0.1, 0.15) is 30.9 Å². The molecule has 124 valence electrons. The number of benzene rings is 2. The minimum Gasteiger partial charge on any atom is -0.466 e. The second-order valence-electron chi connectivity index (χ2n) is 5.34. The van der Waals surface area contributed by atoms with Crippen molar-refractivity contribution < 1.29 is 9.53 Å². The van der Waals surface area contributed by atoms with Crippen molar-refractivity contribution in [2.75, 3.05) is 6.61 Å². The highest BCUT2D eigenvalue weighted by Crippen LogP contribution is 2.37. The number of halogens is 2. The van der Waals surface area contributed by atoms with Crippen molar-refractivity contribution in [3.05, 3.63) is 69.7 Å². The van der Waals surface area contributed by atoms with Crippen molar-refractivity contribution in [2.45, 2.75) is 25.2 Å². The Kier molecular flexibility index (Phi) is 6.25. The van der Waals surface area contributed by atoms with E-state index in [0.29, 0.717) is 23.1 Å². The van der Waals surface area contributed by atoms with E-state index < -0.39 is 5.41 Å². The molecular weight excluding hydrogens is 345 g/mol. The van der Waals surface area contributed by atoms with Gasteiger partial charge in [-0.1, -0.05) is 47.5 Å². The summed E-state index contributed by atoms with van der Waals surface area (Å²) in [6.45, 7) is 2.08. The zero-order valence-corrected chi connectivity index (χ0v) is 14.8. The van der Waals surface area contributed by atoms with Gasteiger partial charge >= 0.3 is 5.97 Å². The predicted octanol–water partition coefficient (Wildman–Crippen LogP) is 5.15. The Morgan fingerprint density at radius 3 is 1.88 bits per heavy atom. The zero-order chi connectivity index (χ0) is 17.6. The largest absolute Gasteiger partial charge is 0.466 e. The second-order valence-corrected chi connectivity index (χ2v) is 6.21. The lowest BCUT2D eigenvalue weighted by atomic mass is 9.72. The van der Waals surface area contributed by atoms with Crippen molar-refractivity contribution in [1.82, 2.24) is 0 Å². The molecule has 0 aliphatic carbocycles. The Morgan fingerprint density at radius 2 is 1.50 bits per heavy atom. The molecule has 3 nitrogen and oxygen atoms in total. The van der Waals surface area contributed by atoms with E-state index in [1.54, 1.807) is 31.2 Å². The van der Waals surface area contributed by atoms with Crippen LogP contribution in [-0.4, -0.2) is 12.6 Å². The number of carbonyl (C=O) groups excluding carboxylic acids is 1. The first-order chi connectivity index (χ1) is 11.5. The molecule has 5 heteroatoms. The summed E-state index contributed by atoms with van der Waals surface area (Å²) >= 11 is 11.9. The van der Waals surface area contributed by atoms with Gasteiger partial charge < -0.3 is 4.74 Å². The summed E-state index contributed by atoms with van der Waals surface area (Å²) in [5.74, 6) is -0.319. The maximum Gasteiger partial charge on any atom is 0.305 e. The van der Waals surface area contributed by atoms with E-state index in [0.717, 1.165) is 11.1 Å². The van der Waals surface area contributed by atoms with Gasteiger partial charge in [0.2, 0.25) is 0 Å². The van der Waals surface area contributed by atoms with Gasteiger partial charge in [0.1, 0.15) is 5.41 Å². The summed E-state index contributed by atoms with van der Waals surface area (Å²) in [5, 5.41) is 11.2. The third-order valence-corrected chi connectivity index (χ3v) is 4.38. The molecule has 0 saturated carbocycles. The standard InChI is InChI=1S/C19H17Cl2NO2/c1-2-24-18(23)11-12-19(13-22,14-3-7-16(20)8-4-14)15-5-9-17(21)10-6-15/h3-10H,2,11-12H2,1H3. The summed E-state index contributed by atoms with van der Waals surface area (Å²) in [4.78, 5) is 11.8. The normalized spacial score (nSPS) is 10.9. The fraction of sp³-hybridized carbons (Fsp3) is 0.263. The molecule has 0 bridgehead atoms. The van der Waals surface area contributed by atoms with Crippen LogP contribution in [0.3, 0.4) is 0 Å². The van der Waals surface area contributed by atoms with E-state index in [2.05, 4.69) is 6.07 Å². The summed E-state index contributed by atoms with van der Waals surface area (Å²) in [6.07, 6.45) is 0.457. The van der Waals surface area contributed by atoms with Crippen molar-refractivity contribution in [3.8, 4) is 6.07 Å². The molecule has 0 atom stereocenters. The number of hydrogen-bond donors (Lipinski definition) is 0. The first-order valence-electron chi connectivity index (χ1n) is 7.61. The van der Waals surface area contributed by atoms with Gasteiger partial charge in [0.15, 0.2) is 0 Å². The highest BCUT2D eigenvalue weighted by atomic mass is 35.5. The third-order valence-electron chi connectivity index (χ3n) is 3.87. The van der Waals surface area contributed by atoms with Crippen molar-refractivity contribution in [2.24, 2.45) is 0 Å². The Labute approximate surface area is 151 Å². The van der Waals surface area contributed by atoms with Gasteiger partial charge in [-0.3, -0.25) is 4.79 Å². The summed E-state index contributed by atoms with van der Waals surface area (Å²) in [7, 11) is 0. The van der Waals surface area contributed by atoms with Gasteiger partial charge in [-0.15, -0.1) is 0 Å². The summed E-state index contributed by atoms with van der Waals surface area (Å²) < 4.78 is 5.00. The molecule has 0 saturated heterocycles. The van der Waals surface area contributed by atoms with Crippen LogP contribution in [0, 0.1) is 11.3 Å². The Bertz CT molecular complexity index is 688. The smallest absolute Gasteiger partial charge is 0.305 e. The van der Waals surface area contributed by atoms with Gasteiger partial charge in [-0.2, -0.15) is 5.26 Å². The number of carbonyl (C=O) groups is 1. The Morgan fingerprint density at radius 1 is 1.04 bits per heavy atom. The molecule has 2 aromatic rings. The molecule has 0 amide bonds. The molecule has 0 aliphatic heterocycles. The van der Waals surface area contributed by atoms with Gasteiger partial charge in [0.25, 0.3) is 0 Å². The maximum atomic E-state index is 11.8. The number of esters is 1. The van der Waals surface area contributed by atoms with E-state index in [9.17, 15) is 10.1 Å². The molecule has 0 aromatic heterocycles. The molecule has 0 spiro atoms. The van der Waals surface area contributed by atoms with Gasteiger partial charge in [-0.25, -0.2) is 0 Å². The second kappa shape index (κ2) is 8.19. The molecule has 0 heterocycles. The van der Waals surface area contributed by atoms with E-state index in [1.165, 1.54) is 0 Å². The van der Waals surface area contributed by atoms with Crippen LogP contribution < -0.4 is 0 Å². The van der Waals surface area contributed by atoms with E-state index in [-0.39, 0.29) is 12.4 Å². The lowest BCUT2D eigenvalue weighted by molar-refractivity contribution is -0.143. The van der Waals surface area contributed by atoms with Crippen LogP contribution in [0.5, 0.6) is 0 Å². The van der Waals surface area contributed by atoms with Crippen LogP contribution in [0.15, 0.2) is 48.5 Å². The van der Waals surface area contributed by atoms with Gasteiger partial charge in [-0.05, 0) is 48.7 Å². The molecular formula is C19H17Cl2NO2. The molecule has 0 aliphatic rings. The maximum absolute atomic E-state index is 11.8. The van der Waals surface area contributed by atoms with Crippen molar-refractivity contribution in [1.29, 1.82) is 5.26 Å². The first-order valence-corrected chi connectivity index (χ1v) is 8.36. The number of ether oxygens (including phenoxy) is 1. The highest BCUT2D eigenvalue weighted by Gasteiger charge is 2.35. The Hall–Kier alpha value is -2.02. The molecule has 0 N–H and O–H groups in total. The topological polar surface area (TPSA) is 50.1 Å². The lowest BCUT2D eigenvalue weighted by Gasteiger charge is -2.28. The van der Waals surface area contributed by atoms with Crippen molar-refractivity contribution in [3.63, 3.8) is 0 Å². The molecule has 0 radical (unpaired) electrons. The fourth-order valence-corrected chi connectivity index (χ4v) is 2.88. The zero-order valence-electron chi connectivity index (χ0n) is 13.3. The number of nitrogens with zero attached hydrogens (tertiary/aromatic N) is 1. The van der Waals surface area contributed by atoms with Crippen LogP contribution >= 0.6 is 23.2 Å². The van der Waals surface area contributed by atoms with Crippen molar-refractivity contribution >= 4 is 29.2 Å². The van der Waals surface area contributed by atoms with E-state index >= 15 is 0 Å². The van der Waals surface area contributed by atoms with Crippen LogP contribution in [0.2, 0.25) is 10.0 Å². The average molecular weight is 362 g/mol. The third kappa shape index (κ3) is 4.08. The number of rotatable bonds is 6. The quantitative estimate of drug-likeness (QED) is 0.668. The molecule has 24 heavy (non-hydrogen) atoms. The van der Waals surface area contributed by atoms with Crippen LogP contribution in [-0.2, 0) is 14.9 Å². The van der Waals surface area contributed by atoms with Crippen LogP contribution in [0.4, 0.5) is 0 Å². The highest BCUT2D eigenvalue weighted by molar-refractivity contribution is 6.30. The molecule has 0 fully saturated rings. The summed E-state index contributed by atoms with van der Waals surface area (Å²) in [5.41, 5.74) is 0.587. The fourth-order valence-electron chi connectivity index (χ4n) is 2.63. The molecule has 2 aromatic carbocycles. The van der Waals surface area contributed by atoms with Crippen LogP contribution in [0.25, 0.3) is 0 Å². The van der Waals surface area contributed by atoms with E-state index in [1.807, 2.05) is 24.3 Å². The first kappa shape index (κ1) is 18.3. The number of hydrogen-bond acceptors (Lipinski definition) is 3. The minimum atomic E-state index is -0.970. The van der Waals surface area contributed by atoms with E-state index in [4.69, 9.17) is 27.9 Å². The monoisotopic (exact) mass is 361 g/mol. The molecule has 2 rings (SSSR count). The summed E-state index contributed by atoms with van der Waals surface area (Å²) in [6, 6.07) is 16.6. The predicted molar refractivity (Wildman–Crippen MR) is 95.2 cm³/mol. The van der Waals surface area contributed by atoms with Gasteiger partial charge in [0, 0.05) is 16.5 Å². The Balaban J connectivity index is 2.46. The SMILES string of the molecule is CCOC(=O)CCC(C#N)(c1ccc(Cl)cc1)c1ccc(Cl)cc1. The average Bonchev–Trinajstić information content (AvgIpc) is 2.58. The molecule has 0 unspecified atom stereocenters. The lowest BCUT2D eigenvalue weighted by Crippen LogP contribution is -2.27. The van der Waals surface area contributed by atoms with Gasteiger partial charge in [0.05, 0.1) is 12.7 Å². The number of nitriles is 1. The minimum absolute atomic E-state index is 0.145.